The summed E-state index contributed by atoms with van der Waals surface area (Å²) in [4.78, 5) is 51.0. The molecule has 0 aliphatic carbocycles. The van der Waals surface area contributed by atoms with Gasteiger partial charge in [0, 0.05) is 54.4 Å². The smallest absolute Gasteiger partial charge is 0.258 e. The molecule has 41 heavy (non-hydrogen) atoms. The summed E-state index contributed by atoms with van der Waals surface area (Å²) in [6.45, 7) is 2.55. The van der Waals surface area contributed by atoms with Gasteiger partial charge in [0.05, 0.1) is 17.4 Å². The van der Waals surface area contributed by atoms with Crippen LogP contribution in [-0.4, -0.2) is 58.6 Å². The number of rotatable bonds is 9. The van der Waals surface area contributed by atoms with Crippen molar-refractivity contribution in [2.45, 2.75) is 12.8 Å². The highest BCUT2D eigenvalue weighted by Crippen LogP contribution is 2.23. The lowest BCUT2D eigenvalue weighted by molar-refractivity contribution is 0.0841. The molecule has 208 valence electrons. The molecule has 0 spiro atoms. The maximum absolute atomic E-state index is 13.6. The summed E-state index contributed by atoms with van der Waals surface area (Å²) in [5, 5.41) is 2.82. The van der Waals surface area contributed by atoms with Crippen molar-refractivity contribution in [3.05, 3.63) is 120 Å². The fourth-order valence-corrected chi connectivity index (χ4v) is 4.92. The number of piperidine rings is 1. The van der Waals surface area contributed by atoms with Crippen LogP contribution in [0.2, 0.25) is 0 Å². The lowest BCUT2D eigenvalue weighted by Gasteiger charge is -2.33. The molecule has 2 amide bonds. The number of halogens is 1. The van der Waals surface area contributed by atoms with Gasteiger partial charge in [-0.1, -0.05) is 0 Å². The highest BCUT2D eigenvalue weighted by atomic mass is 19.1. The van der Waals surface area contributed by atoms with Crippen LogP contribution in [0.25, 0.3) is 0 Å². The molecule has 4 aromatic rings. The molecule has 1 aliphatic rings. The van der Waals surface area contributed by atoms with Crippen LogP contribution in [0.3, 0.4) is 0 Å². The van der Waals surface area contributed by atoms with Crippen molar-refractivity contribution >= 4 is 29.0 Å². The summed E-state index contributed by atoms with van der Waals surface area (Å²) in [6.07, 6.45) is 7.84. The van der Waals surface area contributed by atoms with Crippen LogP contribution < -0.4 is 10.2 Å². The van der Waals surface area contributed by atoms with Crippen LogP contribution in [0.4, 0.5) is 15.8 Å². The maximum Gasteiger partial charge on any atom is 0.258 e. The fraction of sp³-hybridized carbons (Fsp3) is 0.219. The number of hydrogen-bond donors (Lipinski definition) is 1. The highest BCUT2D eigenvalue weighted by Gasteiger charge is 2.27. The van der Waals surface area contributed by atoms with Gasteiger partial charge in [0.2, 0.25) is 0 Å². The van der Waals surface area contributed by atoms with Crippen molar-refractivity contribution in [1.82, 2.24) is 14.9 Å². The number of likely N-dealkylation sites (tertiary alicyclic amines) is 1. The maximum atomic E-state index is 13.6. The van der Waals surface area contributed by atoms with E-state index >= 15 is 0 Å². The van der Waals surface area contributed by atoms with Gasteiger partial charge in [-0.25, -0.2) is 4.39 Å². The average molecular weight is 552 g/mol. The number of benzene rings is 2. The first-order chi connectivity index (χ1) is 20.0. The molecule has 9 heteroatoms. The number of Topliss-reactive ketones (excluding diaryl/α,β-unsaturated/α-hetero) is 1. The minimum atomic E-state index is -0.354. The number of ketones is 1. The van der Waals surface area contributed by atoms with Crippen molar-refractivity contribution < 1.29 is 18.8 Å². The molecule has 3 heterocycles. The molecule has 0 saturated carbocycles. The van der Waals surface area contributed by atoms with Gasteiger partial charge in [-0.15, -0.1) is 0 Å². The molecule has 0 atom stereocenters. The summed E-state index contributed by atoms with van der Waals surface area (Å²) < 4.78 is 13.2. The Morgan fingerprint density at radius 3 is 2.12 bits per heavy atom. The molecule has 1 aliphatic heterocycles. The van der Waals surface area contributed by atoms with E-state index in [1.807, 2.05) is 6.07 Å². The Hall–Kier alpha value is -4.76. The van der Waals surface area contributed by atoms with Crippen LogP contribution in [0.5, 0.6) is 0 Å². The van der Waals surface area contributed by atoms with E-state index < -0.39 is 0 Å². The second-order valence-corrected chi connectivity index (χ2v) is 9.93. The molecule has 2 aromatic heterocycles. The molecule has 1 fully saturated rings. The Balaban J connectivity index is 1.20. The third kappa shape index (κ3) is 7.06. The van der Waals surface area contributed by atoms with Gasteiger partial charge in [0.25, 0.3) is 11.8 Å². The zero-order chi connectivity index (χ0) is 28.6. The van der Waals surface area contributed by atoms with Gasteiger partial charge in [-0.2, -0.15) is 0 Å². The van der Waals surface area contributed by atoms with E-state index in [-0.39, 0.29) is 29.3 Å². The van der Waals surface area contributed by atoms with Gasteiger partial charge in [0.15, 0.2) is 5.78 Å². The number of nitrogens with zero attached hydrogens (tertiary/aromatic N) is 4. The average Bonchev–Trinajstić information content (AvgIpc) is 3.02. The quantitative estimate of drug-likeness (QED) is 0.291. The number of pyridine rings is 2. The number of hydrogen-bond acceptors (Lipinski definition) is 6. The number of carbonyl (C=O) groups is 3. The second kappa shape index (κ2) is 13.1. The summed E-state index contributed by atoms with van der Waals surface area (Å²) in [5.41, 5.74) is 2.73. The third-order valence-corrected chi connectivity index (χ3v) is 7.24. The van der Waals surface area contributed by atoms with Crippen molar-refractivity contribution in [1.29, 1.82) is 0 Å². The molecular formula is C32H30FN5O3. The van der Waals surface area contributed by atoms with Crippen molar-refractivity contribution in [3.8, 4) is 0 Å². The Kier molecular flexibility index (Phi) is 8.85. The summed E-state index contributed by atoms with van der Waals surface area (Å²) in [5.74, 6) is -0.851. The first-order valence-corrected chi connectivity index (χ1v) is 13.5. The number of carbonyl (C=O) groups excluding carboxylic acids is 3. The molecule has 1 saturated heterocycles. The number of aromatic nitrogens is 2. The second-order valence-electron chi connectivity index (χ2n) is 9.93. The van der Waals surface area contributed by atoms with Gasteiger partial charge in [0.1, 0.15) is 5.82 Å². The third-order valence-electron chi connectivity index (χ3n) is 7.24. The summed E-state index contributed by atoms with van der Waals surface area (Å²) >= 11 is 0. The standard InChI is InChI=1S/C32H30FN5O3/c33-27-9-5-23(6-10-27)30(39)24-13-17-37(18-14-24)19-20-38(29-4-2-16-35-22-29)32(41)25-7-11-28(12-8-25)36-31(40)26-3-1-15-34-21-26/h1-12,15-16,21-22,24H,13-14,17-20H2,(H,36,40). The van der Waals surface area contributed by atoms with E-state index in [0.717, 1.165) is 13.1 Å². The zero-order valence-electron chi connectivity index (χ0n) is 22.4. The molecule has 1 N–H and O–H groups in total. The monoisotopic (exact) mass is 551 g/mol. The molecule has 2 aromatic carbocycles. The minimum Gasteiger partial charge on any atom is -0.322 e. The Morgan fingerprint density at radius 1 is 0.829 bits per heavy atom. The predicted molar refractivity (Wildman–Crippen MR) is 154 cm³/mol. The van der Waals surface area contributed by atoms with Gasteiger partial charge >= 0.3 is 0 Å². The largest absolute Gasteiger partial charge is 0.322 e. The Labute approximate surface area is 237 Å². The first-order valence-electron chi connectivity index (χ1n) is 13.5. The summed E-state index contributed by atoms with van der Waals surface area (Å²) in [7, 11) is 0. The lowest BCUT2D eigenvalue weighted by atomic mass is 9.89. The SMILES string of the molecule is O=C(Nc1ccc(C(=O)N(CCN2CCC(C(=O)c3ccc(F)cc3)CC2)c2cccnc2)cc1)c1cccnc1. The zero-order valence-corrected chi connectivity index (χ0v) is 22.4. The van der Waals surface area contributed by atoms with Crippen LogP contribution in [0.1, 0.15) is 43.9 Å². The highest BCUT2D eigenvalue weighted by molar-refractivity contribution is 6.07. The van der Waals surface area contributed by atoms with E-state index in [2.05, 4.69) is 20.2 Å². The molecular weight excluding hydrogens is 521 g/mol. The van der Waals surface area contributed by atoms with Crippen LogP contribution in [-0.2, 0) is 0 Å². The molecule has 5 rings (SSSR count). The van der Waals surface area contributed by atoms with E-state index in [1.54, 1.807) is 78.1 Å². The minimum absolute atomic E-state index is 0.0527. The van der Waals surface area contributed by atoms with E-state index in [1.165, 1.54) is 18.3 Å². The van der Waals surface area contributed by atoms with Crippen molar-refractivity contribution in [2.75, 3.05) is 36.4 Å². The summed E-state index contributed by atoms with van der Waals surface area (Å²) in [6, 6.07) is 19.5. The van der Waals surface area contributed by atoms with E-state index in [4.69, 9.17) is 0 Å². The predicted octanol–water partition coefficient (Wildman–Crippen LogP) is 5.11. The van der Waals surface area contributed by atoms with Gasteiger partial charge in [-0.05, 0) is 98.7 Å². The first kappa shape index (κ1) is 27.8. The van der Waals surface area contributed by atoms with Gasteiger partial charge in [-0.3, -0.25) is 24.4 Å². The van der Waals surface area contributed by atoms with Crippen molar-refractivity contribution in [3.63, 3.8) is 0 Å². The Morgan fingerprint density at radius 2 is 1.49 bits per heavy atom. The van der Waals surface area contributed by atoms with E-state index in [9.17, 15) is 18.8 Å². The molecule has 0 radical (unpaired) electrons. The van der Waals surface area contributed by atoms with Crippen LogP contribution in [0.15, 0.2) is 97.6 Å². The van der Waals surface area contributed by atoms with Crippen LogP contribution in [0, 0.1) is 11.7 Å². The number of anilines is 2. The number of amides is 2. The van der Waals surface area contributed by atoms with Crippen molar-refractivity contribution in [2.24, 2.45) is 5.92 Å². The molecule has 0 bridgehead atoms. The lowest BCUT2D eigenvalue weighted by Crippen LogP contribution is -2.43. The molecule has 0 unspecified atom stereocenters. The number of nitrogens with one attached hydrogen (secondary N) is 1. The Bertz CT molecular complexity index is 1470. The van der Waals surface area contributed by atoms with E-state index in [0.29, 0.717) is 54.0 Å². The topological polar surface area (TPSA) is 95.5 Å². The van der Waals surface area contributed by atoms with Gasteiger partial charge < -0.3 is 15.1 Å². The normalized spacial score (nSPS) is 13.9. The molecule has 8 nitrogen and oxygen atoms in total. The van der Waals surface area contributed by atoms with Crippen LogP contribution >= 0.6 is 0 Å². The fourth-order valence-electron chi connectivity index (χ4n) is 4.92.